The Morgan fingerprint density at radius 1 is 1.24 bits per heavy atom. The van der Waals surface area contributed by atoms with Gasteiger partial charge in [-0.25, -0.2) is 9.78 Å². The third-order valence-electron chi connectivity index (χ3n) is 3.98. The third kappa shape index (κ3) is 5.22. The van der Waals surface area contributed by atoms with Crippen LogP contribution in [-0.2, 0) is 0 Å². The molecule has 1 unspecified atom stereocenters. The predicted octanol–water partition coefficient (Wildman–Crippen LogP) is 2.97. The molecule has 2 rings (SSSR count). The molecule has 1 atom stereocenters. The summed E-state index contributed by atoms with van der Waals surface area (Å²) < 4.78 is 43.9. The number of nitrogens with one attached hydrogen (secondary N) is 1. The molecule has 1 aromatic heterocycles. The number of carbonyl (C=O) groups excluding carboxylic acids is 1. The van der Waals surface area contributed by atoms with Gasteiger partial charge in [0.15, 0.2) is 0 Å². The maximum absolute atomic E-state index is 12.8. The number of aromatic nitrogens is 1. The van der Waals surface area contributed by atoms with Crippen LogP contribution in [0.25, 0.3) is 0 Å². The Balaban J connectivity index is 1.93. The zero-order chi connectivity index (χ0) is 18.6. The van der Waals surface area contributed by atoms with E-state index < -0.39 is 12.2 Å². The lowest BCUT2D eigenvalue weighted by Gasteiger charge is -2.38. The highest BCUT2D eigenvalue weighted by molar-refractivity contribution is 5.90. The van der Waals surface area contributed by atoms with Gasteiger partial charge >= 0.3 is 12.2 Å². The number of rotatable bonds is 4. The number of piperazine rings is 1. The molecule has 2 heterocycles. The average Bonchev–Trinajstić information content (AvgIpc) is 2.54. The molecule has 6 nitrogen and oxygen atoms in total. The van der Waals surface area contributed by atoms with E-state index in [0.717, 1.165) is 6.92 Å². The van der Waals surface area contributed by atoms with Crippen LogP contribution in [0.3, 0.4) is 0 Å². The maximum atomic E-state index is 12.8. The third-order valence-corrected chi connectivity index (χ3v) is 3.98. The Morgan fingerprint density at radius 2 is 1.88 bits per heavy atom. The van der Waals surface area contributed by atoms with Crippen LogP contribution in [0.2, 0.25) is 0 Å². The number of nitrogens with zero attached hydrogens (tertiary/aromatic N) is 3. The Labute approximate surface area is 145 Å². The van der Waals surface area contributed by atoms with Gasteiger partial charge in [-0.2, -0.15) is 13.2 Å². The number of pyridine rings is 1. The molecular weight excluding hydrogens is 337 g/mol. The zero-order valence-electron chi connectivity index (χ0n) is 14.5. The molecule has 140 valence electrons. The van der Waals surface area contributed by atoms with Gasteiger partial charge in [-0.3, -0.25) is 4.90 Å². The molecule has 2 amide bonds. The van der Waals surface area contributed by atoms with Crippen molar-refractivity contribution in [2.75, 3.05) is 31.5 Å². The van der Waals surface area contributed by atoms with Crippen LogP contribution in [0, 0.1) is 0 Å². The molecule has 1 aromatic rings. The number of anilines is 1. The first-order chi connectivity index (χ1) is 11.7. The monoisotopic (exact) mass is 360 g/mol. The smallest absolute Gasteiger partial charge is 0.403 e. The standard InChI is InChI=1S/C16H23F3N4O2/c1-11(2)25-14-13(5-4-6-20-14)21-15(24)23-9-7-22(8-10-23)12(3)16(17,18)19/h4-6,11-12H,7-10H2,1-3H3,(H,21,24). The molecule has 1 fully saturated rings. The van der Waals surface area contributed by atoms with Gasteiger partial charge < -0.3 is 15.0 Å². The van der Waals surface area contributed by atoms with Crippen LogP contribution in [0.15, 0.2) is 18.3 Å². The van der Waals surface area contributed by atoms with Crippen molar-refractivity contribution in [2.45, 2.75) is 39.1 Å². The lowest BCUT2D eigenvalue weighted by Crippen LogP contribution is -2.55. The number of ether oxygens (including phenoxy) is 1. The number of hydrogen-bond acceptors (Lipinski definition) is 4. The van der Waals surface area contributed by atoms with Crippen LogP contribution < -0.4 is 10.1 Å². The molecule has 0 bridgehead atoms. The minimum Gasteiger partial charge on any atom is -0.473 e. The van der Waals surface area contributed by atoms with Crippen molar-refractivity contribution in [3.05, 3.63) is 18.3 Å². The fourth-order valence-electron chi connectivity index (χ4n) is 2.52. The normalized spacial score (nSPS) is 17.5. The van der Waals surface area contributed by atoms with Gasteiger partial charge in [-0.05, 0) is 32.9 Å². The number of hydrogen-bond donors (Lipinski definition) is 1. The Bertz CT molecular complexity index is 587. The van der Waals surface area contributed by atoms with Crippen LogP contribution in [-0.4, -0.2) is 65.3 Å². The van der Waals surface area contributed by atoms with E-state index in [1.807, 2.05) is 13.8 Å². The Kier molecular flexibility index (Phi) is 6.10. The molecule has 0 aromatic carbocycles. The molecule has 1 aliphatic rings. The van der Waals surface area contributed by atoms with Crippen molar-refractivity contribution >= 4 is 11.7 Å². The fourth-order valence-corrected chi connectivity index (χ4v) is 2.52. The van der Waals surface area contributed by atoms with Gasteiger partial charge in [-0.1, -0.05) is 0 Å². The molecule has 25 heavy (non-hydrogen) atoms. The first kappa shape index (κ1) is 19.3. The second-order valence-corrected chi connectivity index (χ2v) is 6.19. The van der Waals surface area contributed by atoms with Gasteiger partial charge in [0.05, 0.1) is 6.10 Å². The average molecular weight is 360 g/mol. The number of halogens is 3. The van der Waals surface area contributed by atoms with E-state index in [1.54, 1.807) is 18.3 Å². The summed E-state index contributed by atoms with van der Waals surface area (Å²) >= 11 is 0. The van der Waals surface area contributed by atoms with Crippen LogP contribution in [0.5, 0.6) is 5.88 Å². The summed E-state index contributed by atoms with van der Waals surface area (Å²) in [4.78, 5) is 19.3. The Morgan fingerprint density at radius 3 is 2.44 bits per heavy atom. The van der Waals surface area contributed by atoms with E-state index in [2.05, 4.69) is 10.3 Å². The van der Waals surface area contributed by atoms with Crippen LogP contribution in [0.4, 0.5) is 23.7 Å². The second kappa shape index (κ2) is 7.90. The van der Waals surface area contributed by atoms with E-state index in [9.17, 15) is 18.0 Å². The molecule has 0 radical (unpaired) electrons. The second-order valence-electron chi connectivity index (χ2n) is 6.19. The van der Waals surface area contributed by atoms with Gasteiger partial charge in [0.25, 0.3) is 0 Å². The molecule has 0 saturated carbocycles. The largest absolute Gasteiger partial charge is 0.473 e. The maximum Gasteiger partial charge on any atom is 0.403 e. The number of carbonyl (C=O) groups is 1. The number of amides is 2. The summed E-state index contributed by atoms with van der Waals surface area (Å²) in [6.07, 6.45) is -2.80. The van der Waals surface area contributed by atoms with Crippen LogP contribution in [0.1, 0.15) is 20.8 Å². The van der Waals surface area contributed by atoms with Gasteiger partial charge in [0.1, 0.15) is 11.7 Å². The molecule has 1 saturated heterocycles. The first-order valence-corrected chi connectivity index (χ1v) is 8.17. The molecule has 0 spiro atoms. The highest BCUT2D eigenvalue weighted by Crippen LogP contribution is 2.26. The summed E-state index contributed by atoms with van der Waals surface area (Å²) in [5, 5.41) is 2.72. The van der Waals surface area contributed by atoms with Gasteiger partial charge in [0, 0.05) is 32.4 Å². The fraction of sp³-hybridized carbons (Fsp3) is 0.625. The molecular formula is C16H23F3N4O2. The van der Waals surface area contributed by atoms with Crippen molar-refractivity contribution in [1.29, 1.82) is 0 Å². The minimum atomic E-state index is -4.26. The lowest BCUT2D eigenvalue weighted by molar-refractivity contribution is -0.181. The first-order valence-electron chi connectivity index (χ1n) is 8.17. The molecule has 1 N–H and O–H groups in total. The predicted molar refractivity (Wildman–Crippen MR) is 87.7 cm³/mol. The molecule has 0 aliphatic carbocycles. The summed E-state index contributed by atoms with van der Waals surface area (Å²) in [5.41, 5.74) is 0.437. The summed E-state index contributed by atoms with van der Waals surface area (Å²) in [6, 6.07) is 1.46. The van der Waals surface area contributed by atoms with Crippen molar-refractivity contribution in [1.82, 2.24) is 14.8 Å². The van der Waals surface area contributed by atoms with Crippen molar-refractivity contribution in [2.24, 2.45) is 0 Å². The minimum absolute atomic E-state index is 0.0991. The van der Waals surface area contributed by atoms with E-state index >= 15 is 0 Å². The highest BCUT2D eigenvalue weighted by atomic mass is 19.4. The summed E-state index contributed by atoms with van der Waals surface area (Å²) in [5.74, 6) is 0.315. The molecule has 9 heteroatoms. The number of alkyl halides is 3. The molecule has 1 aliphatic heterocycles. The van der Waals surface area contributed by atoms with Gasteiger partial charge in [0.2, 0.25) is 5.88 Å². The van der Waals surface area contributed by atoms with E-state index in [4.69, 9.17) is 4.74 Å². The van der Waals surface area contributed by atoms with Crippen molar-refractivity contribution in [3.63, 3.8) is 0 Å². The highest BCUT2D eigenvalue weighted by Gasteiger charge is 2.41. The van der Waals surface area contributed by atoms with Crippen LogP contribution >= 0.6 is 0 Å². The summed E-state index contributed by atoms with van der Waals surface area (Å²) in [6.45, 7) is 5.65. The summed E-state index contributed by atoms with van der Waals surface area (Å²) in [7, 11) is 0. The quantitative estimate of drug-likeness (QED) is 0.897. The lowest BCUT2D eigenvalue weighted by atomic mass is 10.2. The number of urea groups is 1. The van der Waals surface area contributed by atoms with E-state index in [-0.39, 0.29) is 38.3 Å². The Hall–Kier alpha value is -2.03. The zero-order valence-corrected chi connectivity index (χ0v) is 14.5. The van der Waals surface area contributed by atoms with Crippen molar-refractivity contribution in [3.8, 4) is 5.88 Å². The SMILES string of the molecule is CC(C)Oc1ncccc1NC(=O)N1CCN(C(C)C(F)(F)F)CC1. The van der Waals surface area contributed by atoms with E-state index in [1.165, 1.54) is 9.80 Å². The van der Waals surface area contributed by atoms with Gasteiger partial charge in [-0.15, -0.1) is 0 Å². The topological polar surface area (TPSA) is 57.7 Å². The van der Waals surface area contributed by atoms with Crippen molar-refractivity contribution < 1.29 is 22.7 Å². The van der Waals surface area contributed by atoms with E-state index in [0.29, 0.717) is 11.6 Å².